The van der Waals surface area contributed by atoms with Crippen LogP contribution in [0.5, 0.6) is 5.75 Å². The zero-order chi connectivity index (χ0) is 25.4. The molecule has 0 saturated carbocycles. The van der Waals surface area contributed by atoms with E-state index in [-0.39, 0.29) is 11.3 Å². The first-order valence-electron chi connectivity index (χ1n) is 10.9. The van der Waals surface area contributed by atoms with E-state index >= 15 is 0 Å². The molecule has 0 unspecified atom stereocenters. The summed E-state index contributed by atoms with van der Waals surface area (Å²) in [5, 5.41) is 71.2. The molecule has 10 atom stereocenters. The number of rotatable bonds is 6. The van der Waals surface area contributed by atoms with Crippen molar-refractivity contribution >= 4 is 11.0 Å². The van der Waals surface area contributed by atoms with Crippen LogP contribution in [0.2, 0.25) is 0 Å². The lowest BCUT2D eigenvalue weighted by atomic mass is 9.97. The molecule has 13 heteroatoms. The Labute approximate surface area is 198 Å². The number of hydrogen-bond acceptors (Lipinski definition) is 13. The molecule has 1 aromatic carbocycles. The highest BCUT2D eigenvalue weighted by Gasteiger charge is 2.51. The number of hydrogen-bond donors (Lipinski definition) is 7. The minimum Gasteiger partial charge on any atom is -0.462 e. The predicted octanol–water partition coefficient (Wildman–Crippen LogP) is -2.90. The van der Waals surface area contributed by atoms with Crippen molar-refractivity contribution in [2.45, 2.75) is 68.3 Å². The predicted molar refractivity (Wildman–Crippen MR) is 114 cm³/mol. The smallest absolute Gasteiger partial charge is 0.336 e. The summed E-state index contributed by atoms with van der Waals surface area (Å²) in [5.74, 6) is 0.134. The van der Waals surface area contributed by atoms with Crippen LogP contribution in [-0.4, -0.2) is 110 Å². The Morgan fingerprint density at radius 3 is 2.17 bits per heavy atom. The van der Waals surface area contributed by atoms with Crippen LogP contribution in [0.1, 0.15) is 5.56 Å². The molecule has 3 heterocycles. The summed E-state index contributed by atoms with van der Waals surface area (Å²) in [7, 11) is 0. The zero-order valence-electron chi connectivity index (χ0n) is 18.6. The van der Waals surface area contributed by atoms with Gasteiger partial charge in [-0.1, -0.05) is 0 Å². The molecule has 1 aromatic heterocycles. The third kappa shape index (κ3) is 5.06. The Morgan fingerprint density at radius 2 is 1.49 bits per heavy atom. The standard InChI is InChI=1S/C22H28O13/c1-8-4-14(25)32-11-5-9(2-3-10(8)11)31-22-19(30)20(16(27)13(7-24)34-22)35-21-18(29)17(28)15(26)12(6-23)33-21/h2-5,12-13,15-24,26-30H,6-7H2,1H3/t12-,13-,15-,16-,17+,18-,19-,20+,21+,22-/m1/s1. The lowest BCUT2D eigenvalue weighted by Gasteiger charge is -2.45. The van der Waals surface area contributed by atoms with Crippen molar-refractivity contribution in [1.82, 2.24) is 0 Å². The normalized spacial score (nSPS) is 37.9. The van der Waals surface area contributed by atoms with Gasteiger partial charge in [-0.3, -0.25) is 0 Å². The first-order valence-corrected chi connectivity index (χ1v) is 10.9. The zero-order valence-corrected chi connectivity index (χ0v) is 18.6. The maximum Gasteiger partial charge on any atom is 0.336 e. The lowest BCUT2D eigenvalue weighted by molar-refractivity contribution is -0.352. The fraction of sp³-hybridized carbons (Fsp3) is 0.591. The quantitative estimate of drug-likeness (QED) is 0.199. The van der Waals surface area contributed by atoms with Crippen molar-refractivity contribution in [1.29, 1.82) is 0 Å². The molecule has 0 amide bonds. The highest BCUT2D eigenvalue weighted by molar-refractivity contribution is 5.81. The Hall–Kier alpha value is -2.17. The van der Waals surface area contributed by atoms with Crippen LogP contribution < -0.4 is 10.4 Å². The van der Waals surface area contributed by atoms with Crippen molar-refractivity contribution in [3.05, 3.63) is 40.2 Å². The lowest BCUT2D eigenvalue weighted by Crippen LogP contribution is -2.65. The van der Waals surface area contributed by atoms with Gasteiger partial charge >= 0.3 is 5.63 Å². The van der Waals surface area contributed by atoms with E-state index in [9.17, 15) is 40.5 Å². The highest BCUT2D eigenvalue weighted by Crippen LogP contribution is 2.31. The molecule has 194 valence electrons. The van der Waals surface area contributed by atoms with E-state index < -0.39 is 80.3 Å². The highest BCUT2D eigenvalue weighted by atomic mass is 16.7. The maximum absolute atomic E-state index is 11.7. The number of aliphatic hydroxyl groups excluding tert-OH is 7. The van der Waals surface area contributed by atoms with Gasteiger partial charge in [0.2, 0.25) is 6.29 Å². The van der Waals surface area contributed by atoms with E-state index in [1.54, 1.807) is 13.0 Å². The first-order chi connectivity index (χ1) is 16.6. The van der Waals surface area contributed by atoms with Crippen molar-refractivity contribution in [2.24, 2.45) is 0 Å². The SMILES string of the molecule is Cc1cc(=O)oc2cc(O[C@@H]3O[C@H](CO)[C@@H](O)[C@H](O[C@@H]4O[C@H](CO)[C@@H](O)[C@H](O)[C@H]4O)[C@H]3O)ccc12. The molecule has 0 spiro atoms. The van der Waals surface area contributed by atoms with Crippen LogP contribution in [0, 0.1) is 6.92 Å². The van der Waals surface area contributed by atoms with Gasteiger partial charge in [-0.2, -0.15) is 0 Å². The number of benzene rings is 1. The Balaban J connectivity index is 1.56. The molecule has 0 bridgehead atoms. The van der Waals surface area contributed by atoms with Gasteiger partial charge in [-0.25, -0.2) is 4.79 Å². The van der Waals surface area contributed by atoms with Crippen LogP contribution in [-0.2, 0) is 14.2 Å². The largest absolute Gasteiger partial charge is 0.462 e. The third-order valence-electron chi connectivity index (χ3n) is 6.14. The number of aliphatic hydroxyl groups is 7. The number of ether oxygens (including phenoxy) is 4. The van der Waals surface area contributed by atoms with Crippen molar-refractivity contribution in [3.8, 4) is 5.75 Å². The minimum absolute atomic E-state index is 0.134. The molecule has 0 aliphatic carbocycles. The fourth-order valence-electron chi connectivity index (χ4n) is 4.16. The molecule has 0 radical (unpaired) electrons. The van der Waals surface area contributed by atoms with Gasteiger partial charge in [0.15, 0.2) is 6.29 Å². The summed E-state index contributed by atoms with van der Waals surface area (Å²) in [6.45, 7) is 0.350. The van der Waals surface area contributed by atoms with E-state index in [0.29, 0.717) is 10.9 Å². The summed E-state index contributed by atoms with van der Waals surface area (Å²) in [5.41, 5.74) is 0.358. The van der Waals surface area contributed by atoms with E-state index in [1.807, 2.05) is 0 Å². The van der Waals surface area contributed by atoms with Gasteiger partial charge in [0.1, 0.15) is 60.2 Å². The monoisotopic (exact) mass is 500 g/mol. The second kappa shape index (κ2) is 10.4. The summed E-state index contributed by atoms with van der Waals surface area (Å²) in [6.07, 6.45) is -15.7. The van der Waals surface area contributed by atoms with E-state index in [2.05, 4.69) is 0 Å². The summed E-state index contributed by atoms with van der Waals surface area (Å²) in [4.78, 5) is 11.7. The van der Waals surface area contributed by atoms with E-state index in [0.717, 1.165) is 0 Å². The van der Waals surface area contributed by atoms with Crippen LogP contribution in [0.25, 0.3) is 11.0 Å². The Bertz CT molecular complexity index is 1070. The molecule has 2 aliphatic rings. The van der Waals surface area contributed by atoms with Crippen molar-refractivity contribution in [3.63, 3.8) is 0 Å². The average molecular weight is 500 g/mol. The molecule has 4 rings (SSSR count). The Morgan fingerprint density at radius 1 is 0.829 bits per heavy atom. The van der Waals surface area contributed by atoms with Crippen LogP contribution in [0.3, 0.4) is 0 Å². The van der Waals surface area contributed by atoms with Gasteiger partial charge in [-0.05, 0) is 24.6 Å². The number of fused-ring (bicyclic) bond motifs is 1. The van der Waals surface area contributed by atoms with Gasteiger partial charge in [0.25, 0.3) is 0 Å². The molecular weight excluding hydrogens is 472 g/mol. The Kier molecular flexibility index (Phi) is 7.73. The summed E-state index contributed by atoms with van der Waals surface area (Å²) in [6, 6.07) is 5.92. The molecule has 35 heavy (non-hydrogen) atoms. The van der Waals surface area contributed by atoms with Crippen LogP contribution in [0.15, 0.2) is 33.5 Å². The molecule has 2 fully saturated rings. The third-order valence-corrected chi connectivity index (χ3v) is 6.14. The van der Waals surface area contributed by atoms with Gasteiger partial charge in [0, 0.05) is 17.5 Å². The van der Waals surface area contributed by atoms with Gasteiger partial charge in [0.05, 0.1) is 13.2 Å². The van der Waals surface area contributed by atoms with Crippen molar-refractivity contribution < 1.29 is 59.1 Å². The van der Waals surface area contributed by atoms with Crippen molar-refractivity contribution in [2.75, 3.05) is 13.2 Å². The summed E-state index contributed by atoms with van der Waals surface area (Å²) >= 11 is 0. The van der Waals surface area contributed by atoms with Gasteiger partial charge in [-0.15, -0.1) is 0 Å². The van der Waals surface area contributed by atoms with E-state index in [1.165, 1.54) is 18.2 Å². The first kappa shape index (κ1) is 25.9. The molecule has 13 nitrogen and oxygen atoms in total. The molecule has 2 aliphatic heterocycles. The summed E-state index contributed by atoms with van der Waals surface area (Å²) < 4.78 is 27.2. The second-order valence-electron chi connectivity index (χ2n) is 8.53. The van der Waals surface area contributed by atoms with E-state index in [4.69, 9.17) is 23.4 Å². The molecule has 2 saturated heterocycles. The van der Waals surface area contributed by atoms with Gasteiger partial charge < -0.3 is 59.1 Å². The fourth-order valence-corrected chi connectivity index (χ4v) is 4.16. The minimum atomic E-state index is -1.78. The molecular formula is C22H28O13. The molecule has 7 N–H and O–H groups in total. The average Bonchev–Trinajstić information content (AvgIpc) is 2.83. The van der Waals surface area contributed by atoms with Crippen LogP contribution in [0.4, 0.5) is 0 Å². The van der Waals surface area contributed by atoms with Crippen LogP contribution >= 0.6 is 0 Å². The second-order valence-corrected chi connectivity index (χ2v) is 8.53. The topological polar surface area (TPSA) is 209 Å². The maximum atomic E-state index is 11.7. The molecule has 2 aromatic rings. The number of aryl methyl sites for hydroxylation is 1.